The number of imidazole rings is 1. The van der Waals surface area contributed by atoms with Crippen LogP contribution in [0.4, 0.5) is 0 Å². The Kier molecular flexibility index (Phi) is 5.22. The number of carbonyl (C=O) groups excluding carboxylic acids is 2. The van der Waals surface area contributed by atoms with Crippen LogP contribution in [-0.4, -0.2) is 50.1 Å². The molecule has 0 N–H and O–H groups in total. The average molecular weight is 406 g/mol. The van der Waals surface area contributed by atoms with E-state index in [1.165, 1.54) is 4.57 Å². The lowest BCUT2D eigenvalue weighted by molar-refractivity contribution is 0.0310. The maximum absolute atomic E-state index is 13.0. The van der Waals surface area contributed by atoms with Gasteiger partial charge in [0.25, 0.3) is 11.5 Å². The Balaban J connectivity index is 1.49. The van der Waals surface area contributed by atoms with Crippen molar-refractivity contribution in [2.75, 3.05) is 13.2 Å². The van der Waals surface area contributed by atoms with Gasteiger partial charge >= 0.3 is 5.97 Å². The second kappa shape index (κ2) is 7.98. The molecule has 154 valence electrons. The van der Waals surface area contributed by atoms with Crippen LogP contribution in [0.2, 0.25) is 0 Å². The fraction of sp³-hybridized carbons (Fsp3) is 0.273. The number of amides is 1. The molecule has 0 saturated heterocycles. The molecule has 8 nitrogen and oxygen atoms in total. The average Bonchev–Trinajstić information content (AvgIpc) is 3.19. The number of fused-ring (bicyclic) bond motifs is 1. The molecule has 0 unspecified atom stereocenters. The first-order valence-corrected chi connectivity index (χ1v) is 9.73. The lowest BCUT2D eigenvalue weighted by Gasteiger charge is -2.34. The van der Waals surface area contributed by atoms with Gasteiger partial charge in [-0.2, -0.15) is 0 Å². The first-order chi connectivity index (χ1) is 14.5. The van der Waals surface area contributed by atoms with Crippen molar-refractivity contribution in [3.05, 3.63) is 82.3 Å². The fourth-order valence-corrected chi connectivity index (χ4v) is 3.55. The maximum atomic E-state index is 13.0. The number of esters is 1. The molecule has 4 rings (SSSR count). The molecular weight excluding hydrogens is 384 g/mol. The van der Waals surface area contributed by atoms with Gasteiger partial charge in [-0.15, -0.1) is 0 Å². The van der Waals surface area contributed by atoms with E-state index in [-0.39, 0.29) is 24.1 Å². The van der Waals surface area contributed by atoms with E-state index < -0.39 is 5.97 Å². The molecule has 1 aliphatic heterocycles. The molecule has 30 heavy (non-hydrogen) atoms. The van der Waals surface area contributed by atoms with E-state index >= 15 is 0 Å². The normalized spacial score (nSPS) is 14.3. The molecule has 0 radical (unpaired) electrons. The third kappa shape index (κ3) is 3.63. The van der Waals surface area contributed by atoms with E-state index in [0.717, 1.165) is 5.69 Å². The predicted octanol–water partition coefficient (Wildman–Crippen LogP) is 2.04. The predicted molar refractivity (Wildman–Crippen MR) is 110 cm³/mol. The quantitative estimate of drug-likeness (QED) is 0.606. The highest BCUT2D eigenvalue weighted by Gasteiger charge is 2.30. The van der Waals surface area contributed by atoms with Crippen molar-refractivity contribution in [3.63, 3.8) is 0 Å². The topological polar surface area (TPSA) is 86.4 Å². The van der Waals surface area contributed by atoms with Crippen molar-refractivity contribution < 1.29 is 14.3 Å². The molecule has 3 aromatic rings. The van der Waals surface area contributed by atoms with Crippen molar-refractivity contribution in [1.82, 2.24) is 19.0 Å². The summed E-state index contributed by atoms with van der Waals surface area (Å²) < 4.78 is 8.52. The maximum Gasteiger partial charge on any atom is 0.338 e. The van der Waals surface area contributed by atoms with E-state index in [4.69, 9.17) is 4.74 Å². The van der Waals surface area contributed by atoms with Crippen molar-refractivity contribution in [2.45, 2.75) is 26.4 Å². The molecule has 1 atom stereocenters. The summed E-state index contributed by atoms with van der Waals surface area (Å²) in [5.74, 6) is -0.682. The highest BCUT2D eigenvalue weighted by molar-refractivity contribution is 5.93. The van der Waals surface area contributed by atoms with Gasteiger partial charge in [-0.05, 0) is 38.1 Å². The molecule has 1 amide bonds. The molecule has 0 fully saturated rings. The number of aryl methyl sites for hydroxylation is 1. The SMILES string of the molecule is Cc1cn(-c2ccc3n(c2=O)CCN([C@@H](C)COC(=O)c2ccccc2)C3=O)cn1. The summed E-state index contributed by atoms with van der Waals surface area (Å²) in [6, 6.07) is 11.7. The van der Waals surface area contributed by atoms with E-state index in [0.29, 0.717) is 30.0 Å². The van der Waals surface area contributed by atoms with Gasteiger partial charge in [-0.3, -0.25) is 9.59 Å². The van der Waals surface area contributed by atoms with Crippen LogP contribution in [0.15, 0.2) is 59.8 Å². The van der Waals surface area contributed by atoms with Crippen molar-refractivity contribution >= 4 is 11.9 Å². The Hall–Kier alpha value is -3.68. The molecule has 0 aliphatic carbocycles. The number of carbonyl (C=O) groups is 2. The van der Waals surface area contributed by atoms with Crippen LogP contribution in [-0.2, 0) is 11.3 Å². The molecule has 0 bridgehead atoms. The number of hydrogen-bond acceptors (Lipinski definition) is 5. The molecule has 1 aromatic carbocycles. The minimum Gasteiger partial charge on any atom is -0.460 e. The second-order valence-electron chi connectivity index (χ2n) is 7.29. The Bertz CT molecular complexity index is 1150. The summed E-state index contributed by atoms with van der Waals surface area (Å²) in [6.45, 7) is 4.49. The lowest BCUT2D eigenvalue weighted by atomic mass is 10.1. The third-order valence-electron chi connectivity index (χ3n) is 5.19. The molecule has 1 aliphatic rings. The van der Waals surface area contributed by atoms with Crippen molar-refractivity contribution in [1.29, 1.82) is 0 Å². The lowest BCUT2D eigenvalue weighted by Crippen LogP contribution is -2.50. The summed E-state index contributed by atoms with van der Waals surface area (Å²) in [4.78, 5) is 43.8. The van der Waals surface area contributed by atoms with Crippen LogP contribution in [0.5, 0.6) is 0 Å². The first kappa shape index (κ1) is 19.6. The van der Waals surface area contributed by atoms with Gasteiger partial charge in [0, 0.05) is 19.3 Å². The van der Waals surface area contributed by atoms with E-state index in [9.17, 15) is 14.4 Å². The zero-order valence-corrected chi connectivity index (χ0v) is 16.8. The second-order valence-corrected chi connectivity index (χ2v) is 7.29. The van der Waals surface area contributed by atoms with Gasteiger partial charge in [0.2, 0.25) is 0 Å². The largest absolute Gasteiger partial charge is 0.460 e. The number of hydrogen-bond donors (Lipinski definition) is 0. The summed E-state index contributed by atoms with van der Waals surface area (Å²) in [5, 5.41) is 0. The Morgan fingerprint density at radius 2 is 1.90 bits per heavy atom. The highest BCUT2D eigenvalue weighted by Crippen LogP contribution is 2.16. The van der Waals surface area contributed by atoms with E-state index in [1.54, 1.807) is 58.4 Å². The first-order valence-electron chi connectivity index (χ1n) is 9.73. The van der Waals surface area contributed by atoms with Gasteiger partial charge in [-0.1, -0.05) is 18.2 Å². The summed E-state index contributed by atoms with van der Waals surface area (Å²) in [5.41, 5.74) is 1.81. The van der Waals surface area contributed by atoms with Gasteiger partial charge in [0.05, 0.1) is 23.6 Å². The number of rotatable bonds is 5. The van der Waals surface area contributed by atoms with Gasteiger partial charge in [0.1, 0.15) is 18.0 Å². The molecule has 3 heterocycles. The zero-order chi connectivity index (χ0) is 21.3. The van der Waals surface area contributed by atoms with Crippen LogP contribution in [0.1, 0.15) is 33.5 Å². The van der Waals surface area contributed by atoms with Gasteiger partial charge in [0.15, 0.2) is 0 Å². The van der Waals surface area contributed by atoms with E-state index in [2.05, 4.69) is 4.98 Å². The Labute approximate surface area is 173 Å². The van der Waals surface area contributed by atoms with Crippen molar-refractivity contribution in [3.8, 4) is 5.69 Å². The van der Waals surface area contributed by atoms with Gasteiger partial charge < -0.3 is 18.8 Å². The highest BCUT2D eigenvalue weighted by atomic mass is 16.5. The number of aromatic nitrogens is 3. The molecule has 8 heteroatoms. The summed E-state index contributed by atoms with van der Waals surface area (Å²) >= 11 is 0. The number of nitrogens with zero attached hydrogens (tertiary/aromatic N) is 4. The minimum absolute atomic E-state index is 0.0795. The molecular formula is C22H22N4O4. The smallest absolute Gasteiger partial charge is 0.338 e. The molecule has 2 aromatic heterocycles. The molecule has 0 saturated carbocycles. The minimum atomic E-state index is -0.427. The van der Waals surface area contributed by atoms with Crippen LogP contribution in [0, 0.1) is 6.92 Å². The number of pyridine rings is 1. The van der Waals surface area contributed by atoms with Crippen LogP contribution in [0.25, 0.3) is 5.69 Å². The van der Waals surface area contributed by atoms with Gasteiger partial charge in [-0.25, -0.2) is 9.78 Å². The molecule has 0 spiro atoms. The zero-order valence-electron chi connectivity index (χ0n) is 16.8. The Morgan fingerprint density at radius 1 is 1.13 bits per heavy atom. The van der Waals surface area contributed by atoms with Crippen LogP contribution < -0.4 is 5.56 Å². The number of ether oxygens (including phenoxy) is 1. The van der Waals surface area contributed by atoms with Crippen molar-refractivity contribution in [2.24, 2.45) is 0 Å². The third-order valence-corrected chi connectivity index (χ3v) is 5.19. The fourth-order valence-electron chi connectivity index (χ4n) is 3.55. The summed E-state index contributed by atoms with van der Waals surface area (Å²) in [6.07, 6.45) is 3.35. The van der Waals surface area contributed by atoms with Crippen LogP contribution in [0.3, 0.4) is 0 Å². The Morgan fingerprint density at radius 3 is 2.60 bits per heavy atom. The monoisotopic (exact) mass is 406 g/mol. The number of benzene rings is 1. The van der Waals surface area contributed by atoms with E-state index in [1.807, 2.05) is 19.9 Å². The summed E-state index contributed by atoms with van der Waals surface area (Å²) in [7, 11) is 0. The van der Waals surface area contributed by atoms with Crippen LogP contribution >= 0.6 is 0 Å². The standard InChI is InChI=1S/C22H22N4O4/c1-15-12-24(14-23-15)18-8-9-19-21(28)25(10-11-26(19)20(18)27)16(2)13-30-22(29)17-6-4-3-5-7-17/h3-9,12,14,16H,10-11,13H2,1-2H3/t16-/m0/s1.